The van der Waals surface area contributed by atoms with E-state index in [1.807, 2.05) is 84.2 Å². The summed E-state index contributed by atoms with van der Waals surface area (Å²) in [7, 11) is 0. The van der Waals surface area contributed by atoms with Gasteiger partial charge in [0.15, 0.2) is 6.61 Å². The van der Waals surface area contributed by atoms with Gasteiger partial charge < -0.3 is 36.0 Å². The van der Waals surface area contributed by atoms with Gasteiger partial charge in [-0.3, -0.25) is 28.8 Å². The molecule has 0 saturated carbocycles. The molecular formula is C51H49N5O8S. The number of hydrogen-bond donors (Lipinski definition) is 5. The van der Waals surface area contributed by atoms with Crippen LogP contribution in [0, 0.1) is 0 Å². The van der Waals surface area contributed by atoms with Crippen LogP contribution in [0.3, 0.4) is 0 Å². The van der Waals surface area contributed by atoms with Crippen LogP contribution in [-0.4, -0.2) is 82.8 Å². The molecule has 65 heavy (non-hydrogen) atoms. The summed E-state index contributed by atoms with van der Waals surface area (Å²) in [6.07, 6.45) is 0.123. The smallest absolute Gasteiger partial charge is 0.323 e. The largest absolute Gasteiger partial charge is 0.484 e. The fourth-order valence-electron chi connectivity index (χ4n) is 7.57. The highest BCUT2D eigenvalue weighted by atomic mass is 32.1. The molecule has 14 heteroatoms. The van der Waals surface area contributed by atoms with Crippen molar-refractivity contribution >= 4 is 46.8 Å². The third-order valence-electron chi connectivity index (χ3n) is 10.9. The molecule has 0 fully saturated rings. The Balaban J connectivity index is 1.25. The number of carboxylic acid groups (broad SMARTS) is 1. The van der Waals surface area contributed by atoms with Crippen LogP contribution in [0.1, 0.15) is 27.1 Å². The Labute approximate surface area is 380 Å². The van der Waals surface area contributed by atoms with E-state index in [0.717, 1.165) is 16.0 Å². The molecule has 2 aliphatic heterocycles. The van der Waals surface area contributed by atoms with Crippen LogP contribution in [0.5, 0.6) is 5.75 Å². The van der Waals surface area contributed by atoms with Gasteiger partial charge in [-0.05, 0) is 57.0 Å². The van der Waals surface area contributed by atoms with E-state index in [0.29, 0.717) is 28.0 Å². The molecule has 0 aliphatic carbocycles. The van der Waals surface area contributed by atoms with Gasteiger partial charge in [-0.15, -0.1) is 11.3 Å². The summed E-state index contributed by atoms with van der Waals surface area (Å²) < 4.78 is 5.81. The Hall–Kier alpha value is -7.58. The molecule has 0 unspecified atom stereocenters. The number of benzene rings is 5. The van der Waals surface area contributed by atoms with Crippen molar-refractivity contribution in [3.63, 3.8) is 0 Å². The Bertz CT molecular complexity index is 2540. The van der Waals surface area contributed by atoms with Gasteiger partial charge in [0.25, 0.3) is 5.91 Å². The van der Waals surface area contributed by atoms with Gasteiger partial charge in [0, 0.05) is 37.1 Å². The minimum atomic E-state index is -1.28. The molecule has 4 atom stereocenters. The van der Waals surface area contributed by atoms with Crippen molar-refractivity contribution in [2.75, 3.05) is 13.2 Å². The quantitative estimate of drug-likeness (QED) is 0.105. The van der Waals surface area contributed by atoms with E-state index in [-0.39, 0.29) is 32.2 Å². The Morgan fingerprint density at radius 3 is 1.71 bits per heavy atom. The second-order valence-electron chi connectivity index (χ2n) is 15.8. The summed E-state index contributed by atoms with van der Waals surface area (Å²) in [6, 6.07) is 40.7. The number of ether oxygens (including phenoxy) is 1. The Morgan fingerprint density at radius 1 is 0.585 bits per heavy atom. The zero-order valence-corrected chi connectivity index (χ0v) is 36.2. The first-order valence-electron chi connectivity index (χ1n) is 21.2. The van der Waals surface area contributed by atoms with Crippen LogP contribution in [-0.2, 0) is 61.0 Å². The lowest BCUT2D eigenvalue weighted by molar-refractivity contribution is -0.146. The first kappa shape index (κ1) is 45.4. The highest BCUT2D eigenvalue weighted by Crippen LogP contribution is 2.21. The third-order valence-corrected chi connectivity index (χ3v) is 11.8. The number of nitrogens with zero attached hydrogens (tertiary/aromatic N) is 1. The summed E-state index contributed by atoms with van der Waals surface area (Å²) >= 11 is 1.42. The van der Waals surface area contributed by atoms with Gasteiger partial charge in [0.05, 0.1) is 0 Å². The molecule has 332 valence electrons. The molecule has 0 spiro atoms. The van der Waals surface area contributed by atoms with Crippen LogP contribution >= 0.6 is 11.3 Å². The number of carbonyl (C=O) groups excluding carboxylic acids is 5. The summed E-state index contributed by atoms with van der Waals surface area (Å²) in [6.45, 7) is -1.11. The predicted molar refractivity (Wildman–Crippen MR) is 247 cm³/mol. The van der Waals surface area contributed by atoms with Gasteiger partial charge in [-0.1, -0.05) is 133 Å². The predicted octanol–water partition coefficient (Wildman–Crippen LogP) is 5.13. The third kappa shape index (κ3) is 13.2. The van der Waals surface area contributed by atoms with E-state index < -0.39 is 72.8 Å². The zero-order chi connectivity index (χ0) is 45.5. The van der Waals surface area contributed by atoms with Gasteiger partial charge in [-0.2, -0.15) is 0 Å². The first-order chi connectivity index (χ1) is 31.6. The van der Waals surface area contributed by atoms with Crippen molar-refractivity contribution in [2.45, 2.75) is 56.4 Å². The minimum absolute atomic E-state index is 0.0116. The molecule has 5 N–H and O–H groups in total. The van der Waals surface area contributed by atoms with Crippen molar-refractivity contribution in [1.82, 2.24) is 26.2 Å². The lowest BCUT2D eigenvalue weighted by Gasteiger charge is -2.29. The summed E-state index contributed by atoms with van der Waals surface area (Å²) in [5.41, 5.74) is 4.66. The lowest BCUT2D eigenvalue weighted by Crippen LogP contribution is -2.60. The average Bonchev–Trinajstić information content (AvgIpc) is 3.84. The Morgan fingerprint density at radius 2 is 1.12 bits per heavy atom. The standard InChI is InChI=1S/C51H49N5O8S/c57-46-33-64-40-24-20-36(21-25-40)29-45(51(63)56(32-47(58)59)31-37-13-6-2-7-14-37)55-49(61)42(27-34-11-4-1-5-12-34)53-48(60)43(54-50(62)44(52-46)30-41-17-10-26-65-41)28-35-18-22-39(23-19-35)38-15-8-3-9-16-38/h1-26,42-45H,27-33H2,(H,52,57)(H,53,60)(H,54,62)(H,55,61)(H,58,59)/t42-,43+,44-,45-/m0/s1. The van der Waals surface area contributed by atoms with E-state index >= 15 is 0 Å². The minimum Gasteiger partial charge on any atom is -0.484 e. The van der Waals surface area contributed by atoms with Crippen LogP contribution in [0.15, 0.2) is 157 Å². The highest BCUT2D eigenvalue weighted by molar-refractivity contribution is 7.09. The van der Waals surface area contributed by atoms with Gasteiger partial charge in [-0.25, -0.2) is 0 Å². The van der Waals surface area contributed by atoms with Crippen molar-refractivity contribution < 1.29 is 38.6 Å². The van der Waals surface area contributed by atoms with E-state index in [2.05, 4.69) is 21.3 Å². The molecule has 6 aromatic rings. The maximum Gasteiger partial charge on any atom is 0.323 e. The zero-order valence-electron chi connectivity index (χ0n) is 35.4. The molecule has 0 radical (unpaired) electrons. The van der Waals surface area contributed by atoms with Crippen LogP contribution in [0.4, 0.5) is 0 Å². The maximum absolute atomic E-state index is 14.7. The number of nitrogens with one attached hydrogen (secondary N) is 4. The van der Waals surface area contributed by atoms with Crippen molar-refractivity contribution in [3.8, 4) is 16.9 Å². The molecule has 2 bridgehead atoms. The van der Waals surface area contributed by atoms with E-state index in [1.165, 1.54) is 16.2 Å². The molecule has 8 rings (SSSR count). The van der Waals surface area contributed by atoms with Crippen molar-refractivity contribution in [2.24, 2.45) is 0 Å². The van der Waals surface area contributed by atoms with Crippen LogP contribution in [0.25, 0.3) is 11.1 Å². The van der Waals surface area contributed by atoms with Gasteiger partial charge in [0.2, 0.25) is 23.6 Å². The molecule has 13 nitrogen and oxygen atoms in total. The van der Waals surface area contributed by atoms with E-state index in [1.54, 1.807) is 72.8 Å². The SMILES string of the molecule is O=C(O)CN(Cc1ccccc1)C(=O)[C@@H]1Cc2ccc(cc2)OCC(=O)N[C@@H](Cc2cccs2)C(=O)N[C@H](Cc2ccc(-c3ccccc3)cc2)C(=O)N[C@@H](Cc2ccccc2)C(=O)N1. The average molecular weight is 892 g/mol. The number of hydrogen-bond acceptors (Lipinski definition) is 8. The number of aliphatic carboxylic acids is 1. The van der Waals surface area contributed by atoms with Crippen LogP contribution < -0.4 is 26.0 Å². The number of thiophene rings is 1. The second kappa shape index (κ2) is 22.2. The Kier molecular flexibility index (Phi) is 15.5. The molecule has 1 aromatic heterocycles. The van der Waals surface area contributed by atoms with Crippen LogP contribution in [0.2, 0.25) is 0 Å². The van der Waals surface area contributed by atoms with Gasteiger partial charge in [0.1, 0.15) is 36.5 Å². The van der Waals surface area contributed by atoms with Crippen molar-refractivity contribution in [3.05, 3.63) is 184 Å². The number of rotatable bonds is 12. The molecule has 3 heterocycles. The number of fused-ring (bicyclic) bond motifs is 16. The summed E-state index contributed by atoms with van der Waals surface area (Å²) in [5, 5.41) is 23.2. The fourth-order valence-corrected chi connectivity index (χ4v) is 8.32. The number of carbonyl (C=O) groups is 6. The summed E-state index contributed by atoms with van der Waals surface area (Å²) in [4.78, 5) is 85.8. The monoisotopic (exact) mass is 891 g/mol. The molecule has 0 saturated heterocycles. The van der Waals surface area contributed by atoms with Crippen molar-refractivity contribution in [1.29, 1.82) is 0 Å². The number of carboxylic acids is 1. The normalized spacial score (nSPS) is 18.3. The topological polar surface area (TPSA) is 183 Å². The molecular weight excluding hydrogens is 843 g/mol. The maximum atomic E-state index is 14.7. The lowest BCUT2D eigenvalue weighted by atomic mass is 9.99. The first-order valence-corrected chi connectivity index (χ1v) is 22.1. The second-order valence-corrected chi connectivity index (χ2v) is 16.8. The molecule has 5 amide bonds. The highest BCUT2D eigenvalue weighted by Gasteiger charge is 2.34. The van der Waals surface area contributed by atoms with E-state index in [9.17, 15) is 33.9 Å². The molecule has 5 aromatic carbocycles. The van der Waals surface area contributed by atoms with E-state index in [4.69, 9.17) is 4.74 Å². The van der Waals surface area contributed by atoms with Gasteiger partial charge >= 0.3 is 5.97 Å². The fraction of sp³-hybridized carbons (Fsp3) is 0.216. The summed E-state index contributed by atoms with van der Waals surface area (Å²) in [5.74, 6) is -4.13. The number of amides is 5. The molecule has 2 aliphatic rings.